The molecule has 0 bridgehead atoms. The Morgan fingerprint density at radius 2 is 2.03 bits per heavy atom. The zero-order valence-electron chi connectivity index (χ0n) is 18.2. The van der Waals surface area contributed by atoms with E-state index < -0.39 is 0 Å². The summed E-state index contributed by atoms with van der Waals surface area (Å²) in [6.45, 7) is 4.15. The largest absolute Gasteiger partial charge is 0.329 e. The van der Waals surface area contributed by atoms with Crippen LogP contribution in [0.3, 0.4) is 0 Å². The number of amides is 1. The zero-order chi connectivity index (χ0) is 22.5. The summed E-state index contributed by atoms with van der Waals surface area (Å²) < 4.78 is 0.720. The van der Waals surface area contributed by atoms with Crippen LogP contribution in [0, 0.1) is 12.3 Å². The average Bonchev–Trinajstić information content (AvgIpc) is 3.11. The highest BCUT2D eigenvalue weighted by Gasteiger charge is 2.63. The van der Waals surface area contributed by atoms with Gasteiger partial charge in [-0.15, -0.1) is 0 Å². The fourth-order valence-electron chi connectivity index (χ4n) is 5.00. The summed E-state index contributed by atoms with van der Waals surface area (Å²) in [5.41, 5.74) is 4.67. The zero-order valence-corrected chi connectivity index (χ0v) is 19.8. The van der Waals surface area contributed by atoms with Crippen LogP contribution in [0.5, 0.6) is 0 Å². The predicted octanol–water partition coefficient (Wildman–Crippen LogP) is 4.06. The number of Topliss-reactive ketones (excluding diaryl/α,β-unsaturated/α-hetero) is 1. The molecule has 1 aromatic carbocycles. The number of aryl methyl sites for hydroxylation is 1. The van der Waals surface area contributed by atoms with Crippen molar-refractivity contribution >= 4 is 39.5 Å². The first-order valence-corrected chi connectivity index (χ1v) is 11.8. The van der Waals surface area contributed by atoms with Crippen LogP contribution in [0.1, 0.15) is 48.6 Å². The molecule has 2 aromatic rings. The highest BCUT2D eigenvalue weighted by atomic mass is 79.9. The molecule has 0 unspecified atom stereocenters. The Morgan fingerprint density at radius 3 is 2.81 bits per heavy atom. The van der Waals surface area contributed by atoms with E-state index in [1.165, 1.54) is 0 Å². The Kier molecular flexibility index (Phi) is 5.32. The van der Waals surface area contributed by atoms with Gasteiger partial charge in [-0.05, 0) is 69.9 Å². The van der Waals surface area contributed by atoms with Gasteiger partial charge in [0.05, 0.1) is 30.3 Å². The number of aromatic nitrogens is 1. The Labute approximate surface area is 196 Å². The van der Waals surface area contributed by atoms with Gasteiger partial charge in [0.15, 0.2) is 5.78 Å². The SMILES string of the molecule is Cc1ccc(Br)nc1CC(=O)[C@@H]1C[C@@]2(C)C[C@H]2N1C(=O)Cc1cccc(C2=NN=CC2)c1. The lowest BCUT2D eigenvalue weighted by molar-refractivity contribution is -0.138. The molecule has 164 valence electrons. The van der Waals surface area contributed by atoms with Gasteiger partial charge in [-0.2, -0.15) is 10.2 Å². The molecule has 6 nitrogen and oxygen atoms in total. The van der Waals surface area contributed by atoms with Crippen LogP contribution < -0.4 is 0 Å². The van der Waals surface area contributed by atoms with Crippen molar-refractivity contribution in [1.29, 1.82) is 0 Å². The molecule has 0 spiro atoms. The third-order valence-corrected chi connectivity index (χ3v) is 7.41. The van der Waals surface area contributed by atoms with E-state index in [0.717, 1.165) is 45.5 Å². The summed E-state index contributed by atoms with van der Waals surface area (Å²) in [5, 5.41) is 8.09. The summed E-state index contributed by atoms with van der Waals surface area (Å²) in [6.07, 6.45) is 4.74. The third kappa shape index (κ3) is 3.94. The number of likely N-dealkylation sites (tertiary alicyclic amines) is 1. The van der Waals surface area contributed by atoms with Crippen LogP contribution in [-0.4, -0.2) is 45.6 Å². The maximum atomic E-state index is 13.4. The Bertz CT molecular complexity index is 1170. The van der Waals surface area contributed by atoms with E-state index in [1.807, 2.05) is 48.2 Å². The van der Waals surface area contributed by atoms with Gasteiger partial charge in [-0.3, -0.25) is 9.59 Å². The first-order valence-electron chi connectivity index (χ1n) is 11.0. The third-order valence-electron chi connectivity index (χ3n) is 6.96. The topological polar surface area (TPSA) is 75.0 Å². The number of fused-ring (bicyclic) bond motifs is 1. The number of halogens is 1. The van der Waals surface area contributed by atoms with Crippen LogP contribution >= 0.6 is 15.9 Å². The van der Waals surface area contributed by atoms with E-state index in [1.54, 1.807) is 6.21 Å². The number of nitrogens with zero attached hydrogens (tertiary/aromatic N) is 4. The van der Waals surface area contributed by atoms with Crippen LogP contribution in [0.2, 0.25) is 0 Å². The van der Waals surface area contributed by atoms with E-state index >= 15 is 0 Å². The van der Waals surface area contributed by atoms with Crippen molar-refractivity contribution in [2.75, 3.05) is 0 Å². The fourth-order valence-corrected chi connectivity index (χ4v) is 5.34. The van der Waals surface area contributed by atoms with Gasteiger partial charge < -0.3 is 4.90 Å². The monoisotopic (exact) mass is 492 g/mol. The van der Waals surface area contributed by atoms with Gasteiger partial charge in [-0.1, -0.05) is 31.2 Å². The second-order valence-electron chi connectivity index (χ2n) is 9.36. The van der Waals surface area contributed by atoms with Gasteiger partial charge in [-0.25, -0.2) is 4.98 Å². The molecule has 3 heterocycles. The summed E-state index contributed by atoms with van der Waals surface area (Å²) in [5.74, 6) is 0.0990. The van der Waals surface area contributed by atoms with Crippen molar-refractivity contribution < 1.29 is 9.59 Å². The number of hydrogen-bond donors (Lipinski definition) is 0. The molecule has 2 aliphatic heterocycles. The number of piperidine rings is 1. The lowest BCUT2D eigenvalue weighted by atomic mass is 9.96. The quantitative estimate of drug-likeness (QED) is 0.570. The van der Waals surface area contributed by atoms with Crippen LogP contribution in [-0.2, 0) is 22.4 Å². The summed E-state index contributed by atoms with van der Waals surface area (Å²) in [7, 11) is 0. The van der Waals surface area contributed by atoms with Crippen molar-refractivity contribution in [2.45, 2.75) is 58.0 Å². The predicted molar refractivity (Wildman–Crippen MR) is 127 cm³/mol. The molecule has 3 aliphatic rings. The second-order valence-corrected chi connectivity index (χ2v) is 10.2. The second kappa shape index (κ2) is 8.03. The molecular weight excluding hydrogens is 468 g/mol. The molecule has 7 heteroatoms. The number of rotatable bonds is 6. The number of pyridine rings is 1. The van der Waals surface area contributed by atoms with Crippen LogP contribution in [0.4, 0.5) is 0 Å². The minimum atomic E-state index is -0.373. The molecule has 1 aromatic heterocycles. The van der Waals surface area contributed by atoms with Crippen molar-refractivity contribution in [1.82, 2.24) is 9.88 Å². The molecule has 3 atom stereocenters. The molecule has 2 fully saturated rings. The molecule has 32 heavy (non-hydrogen) atoms. The molecule has 0 N–H and O–H groups in total. The Morgan fingerprint density at radius 1 is 1.19 bits per heavy atom. The van der Waals surface area contributed by atoms with E-state index in [0.29, 0.717) is 6.42 Å². The van der Waals surface area contributed by atoms with Gasteiger partial charge >= 0.3 is 0 Å². The molecule has 1 amide bonds. The van der Waals surface area contributed by atoms with Crippen molar-refractivity contribution in [2.24, 2.45) is 15.6 Å². The maximum Gasteiger partial charge on any atom is 0.227 e. The average molecular weight is 493 g/mol. The molecule has 5 rings (SSSR count). The first-order chi connectivity index (χ1) is 15.3. The normalized spacial score (nSPS) is 25.6. The smallest absolute Gasteiger partial charge is 0.227 e. The Hall–Kier alpha value is -2.67. The van der Waals surface area contributed by atoms with E-state index in [-0.39, 0.29) is 42.0 Å². The summed E-state index contributed by atoms with van der Waals surface area (Å²) >= 11 is 3.39. The van der Waals surface area contributed by atoms with Gasteiger partial charge in [0.2, 0.25) is 5.91 Å². The number of ketones is 1. The molecule has 1 saturated heterocycles. The highest BCUT2D eigenvalue weighted by molar-refractivity contribution is 9.10. The van der Waals surface area contributed by atoms with E-state index in [9.17, 15) is 9.59 Å². The molecule has 0 radical (unpaired) electrons. The van der Waals surface area contributed by atoms with Gasteiger partial charge in [0, 0.05) is 18.7 Å². The van der Waals surface area contributed by atoms with Crippen molar-refractivity contribution in [3.05, 3.63) is 63.4 Å². The number of carbonyl (C=O) groups excluding carboxylic acids is 2. The van der Waals surface area contributed by atoms with Gasteiger partial charge in [0.25, 0.3) is 0 Å². The van der Waals surface area contributed by atoms with Crippen LogP contribution in [0.15, 0.2) is 51.2 Å². The summed E-state index contributed by atoms with van der Waals surface area (Å²) in [4.78, 5) is 33.1. The lowest BCUT2D eigenvalue weighted by Crippen LogP contribution is -2.44. The fraction of sp³-hybridized carbons (Fsp3) is 0.400. The minimum Gasteiger partial charge on any atom is -0.329 e. The Balaban J connectivity index is 1.33. The minimum absolute atomic E-state index is 0.0234. The van der Waals surface area contributed by atoms with E-state index in [2.05, 4.69) is 38.0 Å². The summed E-state index contributed by atoms with van der Waals surface area (Å²) in [6, 6.07) is 11.6. The molecule has 1 aliphatic carbocycles. The number of hydrogen-bond acceptors (Lipinski definition) is 5. The molecule has 1 saturated carbocycles. The highest BCUT2D eigenvalue weighted by Crippen LogP contribution is 2.59. The maximum absolute atomic E-state index is 13.4. The van der Waals surface area contributed by atoms with Crippen molar-refractivity contribution in [3.63, 3.8) is 0 Å². The van der Waals surface area contributed by atoms with E-state index in [4.69, 9.17) is 0 Å². The van der Waals surface area contributed by atoms with Crippen molar-refractivity contribution in [3.8, 4) is 0 Å². The number of carbonyl (C=O) groups is 2. The van der Waals surface area contributed by atoms with Crippen LogP contribution in [0.25, 0.3) is 0 Å². The van der Waals surface area contributed by atoms with Gasteiger partial charge in [0.1, 0.15) is 4.60 Å². The number of benzene rings is 1. The molecular formula is C25H25BrN4O2. The standard InChI is InChI=1S/C25H25BrN4O2/c1-15-6-7-23(26)28-19(15)12-21(31)20-13-25(2)14-22(25)30(20)24(32)11-16-4-3-5-17(10-16)18-8-9-27-29-18/h3-7,9-10,20,22H,8,11-14H2,1-2H3/t20-,22+,25-/m0/s1. The lowest BCUT2D eigenvalue weighted by Gasteiger charge is -2.27. The first kappa shape index (κ1) is 21.2.